The predicted octanol–water partition coefficient (Wildman–Crippen LogP) is 0.974. The summed E-state index contributed by atoms with van der Waals surface area (Å²) in [4.78, 5) is 9.72. The van der Waals surface area contributed by atoms with Gasteiger partial charge >= 0.3 is 0 Å². The summed E-state index contributed by atoms with van der Waals surface area (Å²) in [5.41, 5.74) is -0.191. The van der Waals surface area contributed by atoms with Gasteiger partial charge in [-0.15, -0.1) is 0 Å². The number of hydrogen-bond acceptors (Lipinski definition) is 3. The number of hydrogen-bond donors (Lipinski definition) is 0. The molecule has 60 valence electrons. The molecular weight excluding hydrogens is 132 g/mol. The standard InChI is InChI=1S/C7H14O3/c1-7(2,9-3)4-5-10-6-8/h6H,4-5H2,1-3H3. The van der Waals surface area contributed by atoms with Crippen molar-refractivity contribution >= 4 is 6.47 Å². The molecular formula is C7H14O3. The van der Waals surface area contributed by atoms with Crippen LogP contribution in [-0.4, -0.2) is 25.8 Å². The molecule has 0 heterocycles. The number of rotatable bonds is 5. The molecule has 3 nitrogen and oxygen atoms in total. The summed E-state index contributed by atoms with van der Waals surface area (Å²) in [6.45, 7) is 4.76. The first-order chi connectivity index (χ1) is 4.62. The third kappa shape index (κ3) is 4.32. The minimum absolute atomic E-state index is 0.191. The van der Waals surface area contributed by atoms with Gasteiger partial charge in [0.25, 0.3) is 6.47 Å². The quantitative estimate of drug-likeness (QED) is 0.428. The van der Waals surface area contributed by atoms with E-state index in [2.05, 4.69) is 4.74 Å². The van der Waals surface area contributed by atoms with Crippen molar-refractivity contribution in [3.8, 4) is 0 Å². The van der Waals surface area contributed by atoms with E-state index in [1.54, 1.807) is 7.11 Å². The van der Waals surface area contributed by atoms with E-state index in [1.165, 1.54) is 0 Å². The molecule has 3 heteroatoms. The molecule has 10 heavy (non-hydrogen) atoms. The van der Waals surface area contributed by atoms with Gasteiger partial charge in [-0.1, -0.05) is 0 Å². The molecule has 0 aliphatic heterocycles. The fourth-order valence-corrected chi connectivity index (χ4v) is 0.455. The summed E-state index contributed by atoms with van der Waals surface area (Å²) in [7, 11) is 1.64. The lowest BCUT2D eigenvalue weighted by Gasteiger charge is -2.21. The zero-order valence-corrected chi connectivity index (χ0v) is 6.72. The number of ether oxygens (including phenoxy) is 2. The van der Waals surface area contributed by atoms with E-state index in [0.717, 1.165) is 6.42 Å². The van der Waals surface area contributed by atoms with Crippen LogP contribution in [0.3, 0.4) is 0 Å². The minimum atomic E-state index is -0.191. The third-order valence-electron chi connectivity index (χ3n) is 1.44. The Hall–Kier alpha value is -0.570. The van der Waals surface area contributed by atoms with Gasteiger partial charge in [-0.25, -0.2) is 0 Å². The Morgan fingerprint density at radius 1 is 1.50 bits per heavy atom. The van der Waals surface area contributed by atoms with Crippen molar-refractivity contribution in [2.75, 3.05) is 13.7 Å². The van der Waals surface area contributed by atoms with Gasteiger partial charge in [-0.05, 0) is 13.8 Å². The second-order valence-electron chi connectivity index (χ2n) is 2.68. The van der Waals surface area contributed by atoms with E-state index < -0.39 is 0 Å². The summed E-state index contributed by atoms with van der Waals surface area (Å²) in [5, 5.41) is 0. The topological polar surface area (TPSA) is 35.5 Å². The lowest BCUT2D eigenvalue weighted by molar-refractivity contribution is -0.130. The molecule has 0 radical (unpaired) electrons. The molecule has 0 rings (SSSR count). The summed E-state index contributed by atoms with van der Waals surface area (Å²) in [6.07, 6.45) is 0.724. The average molecular weight is 146 g/mol. The molecule has 0 fully saturated rings. The Balaban J connectivity index is 3.36. The second-order valence-corrected chi connectivity index (χ2v) is 2.68. The highest BCUT2D eigenvalue weighted by atomic mass is 16.5. The van der Waals surface area contributed by atoms with E-state index in [4.69, 9.17) is 4.74 Å². The van der Waals surface area contributed by atoms with Gasteiger partial charge in [0.15, 0.2) is 0 Å². The molecule has 0 unspecified atom stereocenters. The molecule has 0 atom stereocenters. The lowest BCUT2D eigenvalue weighted by Crippen LogP contribution is -2.24. The van der Waals surface area contributed by atoms with Crippen molar-refractivity contribution in [2.24, 2.45) is 0 Å². The normalized spacial score (nSPS) is 11.1. The van der Waals surface area contributed by atoms with Crippen molar-refractivity contribution in [1.82, 2.24) is 0 Å². The minimum Gasteiger partial charge on any atom is -0.468 e. The van der Waals surface area contributed by atoms with E-state index in [0.29, 0.717) is 13.1 Å². The smallest absolute Gasteiger partial charge is 0.293 e. The Labute approximate surface area is 61.3 Å². The van der Waals surface area contributed by atoms with Crippen molar-refractivity contribution in [2.45, 2.75) is 25.9 Å². The largest absolute Gasteiger partial charge is 0.468 e. The van der Waals surface area contributed by atoms with Gasteiger partial charge in [-0.2, -0.15) is 0 Å². The average Bonchev–Trinajstić information content (AvgIpc) is 1.89. The molecule has 0 saturated carbocycles. The Bertz CT molecular complexity index is 99.0. The van der Waals surface area contributed by atoms with E-state index in [9.17, 15) is 4.79 Å². The van der Waals surface area contributed by atoms with Gasteiger partial charge in [0, 0.05) is 13.5 Å². The van der Waals surface area contributed by atoms with Crippen LogP contribution in [0.4, 0.5) is 0 Å². The van der Waals surface area contributed by atoms with Gasteiger partial charge in [0.05, 0.1) is 12.2 Å². The maximum Gasteiger partial charge on any atom is 0.293 e. The lowest BCUT2D eigenvalue weighted by atomic mass is 10.1. The highest BCUT2D eigenvalue weighted by Crippen LogP contribution is 2.11. The van der Waals surface area contributed by atoms with Crippen LogP contribution in [0.1, 0.15) is 20.3 Å². The van der Waals surface area contributed by atoms with Crippen molar-refractivity contribution in [3.63, 3.8) is 0 Å². The predicted molar refractivity (Wildman–Crippen MR) is 37.7 cm³/mol. The molecule has 0 aromatic heterocycles. The van der Waals surface area contributed by atoms with Crippen LogP contribution in [0.5, 0.6) is 0 Å². The highest BCUT2D eigenvalue weighted by molar-refractivity contribution is 5.36. The van der Waals surface area contributed by atoms with Crippen LogP contribution in [0.25, 0.3) is 0 Å². The van der Waals surface area contributed by atoms with E-state index in [1.807, 2.05) is 13.8 Å². The van der Waals surface area contributed by atoms with Crippen LogP contribution in [-0.2, 0) is 14.3 Å². The van der Waals surface area contributed by atoms with Crippen LogP contribution in [0.2, 0.25) is 0 Å². The van der Waals surface area contributed by atoms with Crippen LogP contribution >= 0.6 is 0 Å². The molecule has 0 amide bonds. The summed E-state index contributed by atoms with van der Waals surface area (Å²) in [6, 6.07) is 0. The monoisotopic (exact) mass is 146 g/mol. The fourth-order valence-electron chi connectivity index (χ4n) is 0.455. The van der Waals surface area contributed by atoms with Gasteiger partial charge in [0.1, 0.15) is 0 Å². The zero-order chi connectivity index (χ0) is 8.04. The molecule has 0 bridgehead atoms. The third-order valence-corrected chi connectivity index (χ3v) is 1.44. The van der Waals surface area contributed by atoms with Gasteiger partial charge in [-0.3, -0.25) is 4.79 Å². The molecule has 0 aromatic rings. The molecule has 0 aliphatic rings. The number of methoxy groups -OCH3 is 1. The van der Waals surface area contributed by atoms with E-state index >= 15 is 0 Å². The van der Waals surface area contributed by atoms with Crippen molar-refractivity contribution in [3.05, 3.63) is 0 Å². The second kappa shape index (κ2) is 4.28. The maximum absolute atomic E-state index is 9.72. The van der Waals surface area contributed by atoms with Crippen molar-refractivity contribution in [1.29, 1.82) is 0 Å². The Morgan fingerprint density at radius 3 is 2.50 bits per heavy atom. The highest BCUT2D eigenvalue weighted by Gasteiger charge is 2.15. The SMILES string of the molecule is COC(C)(C)CCOC=O. The van der Waals surface area contributed by atoms with Crippen LogP contribution < -0.4 is 0 Å². The Kier molecular flexibility index (Phi) is 4.03. The molecule has 0 aromatic carbocycles. The zero-order valence-electron chi connectivity index (χ0n) is 6.72. The van der Waals surface area contributed by atoms with Crippen LogP contribution in [0, 0.1) is 0 Å². The van der Waals surface area contributed by atoms with Crippen molar-refractivity contribution < 1.29 is 14.3 Å². The van der Waals surface area contributed by atoms with Gasteiger partial charge in [0.2, 0.25) is 0 Å². The molecule has 0 spiro atoms. The number of carbonyl (C=O) groups is 1. The maximum atomic E-state index is 9.72. The first kappa shape index (κ1) is 9.43. The van der Waals surface area contributed by atoms with Crippen LogP contribution in [0.15, 0.2) is 0 Å². The molecule has 0 N–H and O–H groups in total. The van der Waals surface area contributed by atoms with E-state index in [-0.39, 0.29) is 5.60 Å². The first-order valence-corrected chi connectivity index (χ1v) is 3.23. The summed E-state index contributed by atoms with van der Waals surface area (Å²) < 4.78 is 9.60. The summed E-state index contributed by atoms with van der Waals surface area (Å²) in [5.74, 6) is 0. The molecule has 0 aliphatic carbocycles. The van der Waals surface area contributed by atoms with Gasteiger partial charge < -0.3 is 9.47 Å². The fraction of sp³-hybridized carbons (Fsp3) is 0.857. The summed E-state index contributed by atoms with van der Waals surface area (Å²) >= 11 is 0. The first-order valence-electron chi connectivity index (χ1n) is 3.23. The Morgan fingerprint density at radius 2 is 2.10 bits per heavy atom. The number of carbonyl (C=O) groups excluding carboxylic acids is 1. The molecule has 0 saturated heterocycles.